The average Bonchev–Trinajstić information content (AvgIpc) is 3.00. The van der Waals surface area contributed by atoms with E-state index in [2.05, 4.69) is 28.3 Å². The number of aromatic nitrogens is 2. The van der Waals surface area contributed by atoms with Crippen molar-refractivity contribution in [3.05, 3.63) is 23.5 Å². The van der Waals surface area contributed by atoms with Crippen LogP contribution in [0.25, 0.3) is 11.0 Å². The molecule has 24 heavy (non-hydrogen) atoms. The van der Waals surface area contributed by atoms with Gasteiger partial charge in [0.2, 0.25) is 0 Å². The Balaban J connectivity index is 1.98. The summed E-state index contributed by atoms with van der Waals surface area (Å²) < 4.78 is 4.94. The van der Waals surface area contributed by atoms with Crippen molar-refractivity contribution < 1.29 is 9.53 Å². The molecule has 4 N–H and O–H groups in total. The van der Waals surface area contributed by atoms with Crippen LogP contribution in [-0.2, 0) is 11.2 Å². The summed E-state index contributed by atoms with van der Waals surface area (Å²) in [7, 11) is 1.40. The van der Waals surface area contributed by atoms with Crippen LogP contribution >= 0.6 is 0 Å². The van der Waals surface area contributed by atoms with Crippen LogP contribution in [0.1, 0.15) is 55.1 Å². The van der Waals surface area contributed by atoms with Gasteiger partial charge in [-0.1, -0.05) is 13.3 Å². The molecule has 1 saturated carbocycles. The molecule has 0 saturated heterocycles. The number of H-pyrrole nitrogens is 1. The molecule has 0 spiro atoms. The standard InChI is InChI=1S/C18H26N4O2/c1-3-4-13-9-14-16(21-12-7-5-11(19)6-8-12)15(18(23)24-2)10-20-17(14)22-13/h9-12H,3-8,19H2,1-2H3,(H2,20,21,22). The Bertz CT molecular complexity index is 717. The molecule has 130 valence electrons. The third kappa shape index (κ3) is 3.38. The third-order valence-corrected chi connectivity index (χ3v) is 4.76. The van der Waals surface area contributed by atoms with Crippen molar-refractivity contribution >= 4 is 22.7 Å². The van der Waals surface area contributed by atoms with Gasteiger partial charge in [-0.15, -0.1) is 0 Å². The Morgan fingerprint density at radius 2 is 2.17 bits per heavy atom. The lowest BCUT2D eigenvalue weighted by molar-refractivity contribution is 0.0601. The molecule has 2 heterocycles. The van der Waals surface area contributed by atoms with Gasteiger partial charge in [0.15, 0.2) is 0 Å². The maximum Gasteiger partial charge on any atom is 0.341 e. The molecule has 0 aromatic carbocycles. The van der Waals surface area contributed by atoms with Crippen LogP contribution in [0.5, 0.6) is 0 Å². The summed E-state index contributed by atoms with van der Waals surface area (Å²) in [5, 5.41) is 4.52. The Hall–Kier alpha value is -2.08. The molecule has 0 bridgehead atoms. The molecule has 0 unspecified atom stereocenters. The lowest BCUT2D eigenvalue weighted by atomic mass is 9.91. The van der Waals surface area contributed by atoms with Gasteiger partial charge in [-0.2, -0.15) is 0 Å². The van der Waals surface area contributed by atoms with Gasteiger partial charge >= 0.3 is 5.97 Å². The topological polar surface area (TPSA) is 93.0 Å². The zero-order chi connectivity index (χ0) is 17.1. The Morgan fingerprint density at radius 1 is 1.42 bits per heavy atom. The molecule has 1 aliphatic rings. The van der Waals surface area contributed by atoms with Gasteiger partial charge in [0.1, 0.15) is 11.2 Å². The molecule has 0 radical (unpaired) electrons. The van der Waals surface area contributed by atoms with E-state index < -0.39 is 0 Å². The third-order valence-electron chi connectivity index (χ3n) is 4.76. The number of methoxy groups -OCH3 is 1. The molecule has 1 aliphatic carbocycles. The van der Waals surface area contributed by atoms with Crippen LogP contribution in [0.3, 0.4) is 0 Å². The number of fused-ring (bicyclic) bond motifs is 1. The number of carbonyl (C=O) groups is 1. The minimum absolute atomic E-state index is 0.295. The zero-order valence-corrected chi connectivity index (χ0v) is 14.4. The number of hydrogen-bond acceptors (Lipinski definition) is 5. The summed E-state index contributed by atoms with van der Waals surface area (Å²) in [4.78, 5) is 19.9. The monoisotopic (exact) mass is 330 g/mol. The maximum atomic E-state index is 12.2. The Kier molecular flexibility index (Phi) is 5.04. The molecule has 0 amide bonds. The number of hydrogen-bond donors (Lipinski definition) is 3. The van der Waals surface area contributed by atoms with E-state index in [0.29, 0.717) is 17.6 Å². The highest BCUT2D eigenvalue weighted by Crippen LogP contribution is 2.31. The number of nitrogens with zero attached hydrogens (tertiary/aromatic N) is 1. The lowest BCUT2D eigenvalue weighted by Crippen LogP contribution is -2.33. The minimum Gasteiger partial charge on any atom is -0.465 e. The first-order valence-electron chi connectivity index (χ1n) is 8.73. The van der Waals surface area contributed by atoms with E-state index in [1.54, 1.807) is 6.20 Å². The summed E-state index contributed by atoms with van der Waals surface area (Å²) in [6, 6.07) is 2.71. The van der Waals surface area contributed by atoms with Crippen LogP contribution in [0.4, 0.5) is 5.69 Å². The van der Waals surface area contributed by atoms with Gasteiger partial charge in [0, 0.05) is 29.4 Å². The number of aryl methyl sites for hydroxylation is 1. The summed E-state index contributed by atoms with van der Waals surface area (Å²) in [6.45, 7) is 2.14. The van der Waals surface area contributed by atoms with Crippen molar-refractivity contribution in [1.82, 2.24) is 9.97 Å². The van der Waals surface area contributed by atoms with Crippen molar-refractivity contribution in [3.63, 3.8) is 0 Å². The predicted octanol–water partition coefficient (Wildman–Crippen LogP) is 2.98. The number of esters is 1. The quantitative estimate of drug-likeness (QED) is 0.733. The summed E-state index contributed by atoms with van der Waals surface area (Å²) in [6.07, 6.45) is 7.65. The second-order valence-corrected chi connectivity index (χ2v) is 6.60. The summed E-state index contributed by atoms with van der Waals surface area (Å²) in [5.74, 6) is -0.363. The highest BCUT2D eigenvalue weighted by molar-refractivity contribution is 6.04. The number of carbonyl (C=O) groups excluding carboxylic acids is 1. The fourth-order valence-corrected chi connectivity index (χ4v) is 3.42. The fraction of sp³-hybridized carbons (Fsp3) is 0.556. The van der Waals surface area contributed by atoms with Gasteiger partial charge in [-0.25, -0.2) is 9.78 Å². The highest BCUT2D eigenvalue weighted by atomic mass is 16.5. The van der Waals surface area contributed by atoms with Crippen LogP contribution in [0, 0.1) is 0 Å². The average molecular weight is 330 g/mol. The van der Waals surface area contributed by atoms with Gasteiger partial charge in [-0.3, -0.25) is 0 Å². The van der Waals surface area contributed by atoms with Crippen molar-refractivity contribution in [2.45, 2.75) is 57.5 Å². The van der Waals surface area contributed by atoms with E-state index in [1.807, 2.05) is 0 Å². The van der Waals surface area contributed by atoms with Crippen LogP contribution in [0.2, 0.25) is 0 Å². The molecule has 6 nitrogen and oxygen atoms in total. The van der Waals surface area contributed by atoms with Crippen LogP contribution in [0.15, 0.2) is 12.3 Å². The Morgan fingerprint density at radius 3 is 2.83 bits per heavy atom. The first-order chi connectivity index (χ1) is 11.6. The molecule has 3 rings (SSSR count). The molecule has 0 atom stereocenters. The lowest BCUT2D eigenvalue weighted by Gasteiger charge is -2.28. The van der Waals surface area contributed by atoms with Crippen molar-refractivity contribution in [2.75, 3.05) is 12.4 Å². The molecular formula is C18H26N4O2. The second-order valence-electron chi connectivity index (χ2n) is 6.60. The number of pyridine rings is 1. The highest BCUT2D eigenvalue weighted by Gasteiger charge is 2.23. The first kappa shape index (κ1) is 16.8. The second kappa shape index (κ2) is 7.21. The van der Waals surface area contributed by atoms with Gasteiger partial charge < -0.3 is 20.8 Å². The molecule has 2 aromatic heterocycles. The van der Waals surface area contributed by atoms with E-state index in [0.717, 1.165) is 60.9 Å². The van der Waals surface area contributed by atoms with Gasteiger partial charge in [-0.05, 0) is 38.2 Å². The van der Waals surface area contributed by atoms with E-state index in [-0.39, 0.29) is 5.97 Å². The summed E-state index contributed by atoms with van der Waals surface area (Å²) in [5.41, 5.74) is 9.25. The molecular weight excluding hydrogens is 304 g/mol. The maximum absolute atomic E-state index is 12.2. The summed E-state index contributed by atoms with van der Waals surface area (Å²) >= 11 is 0. The number of ether oxygens (including phenoxy) is 1. The smallest absolute Gasteiger partial charge is 0.341 e. The van der Waals surface area contributed by atoms with Crippen molar-refractivity contribution in [1.29, 1.82) is 0 Å². The van der Waals surface area contributed by atoms with Crippen LogP contribution < -0.4 is 11.1 Å². The van der Waals surface area contributed by atoms with Crippen molar-refractivity contribution in [3.8, 4) is 0 Å². The number of aromatic amines is 1. The normalized spacial score (nSPS) is 21.0. The van der Waals surface area contributed by atoms with E-state index in [1.165, 1.54) is 7.11 Å². The fourth-order valence-electron chi connectivity index (χ4n) is 3.42. The van der Waals surface area contributed by atoms with E-state index >= 15 is 0 Å². The largest absolute Gasteiger partial charge is 0.465 e. The molecule has 1 fully saturated rings. The van der Waals surface area contributed by atoms with E-state index in [4.69, 9.17) is 10.5 Å². The SMILES string of the molecule is CCCc1cc2c(NC3CCC(N)CC3)c(C(=O)OC)cnc2[nH]1. The number of rotatable bonds is 5. The number of nitrogens with two attached hydrogens (primary N) is 1. The number of anilines is 1. The van der Waals surface area contributed by atoms with Gasteiger partial charge in [0.05, 0.1) is 12.8 Å². The molecule has 6 heteroatoms. The van der Waals surface area contributed by atoms with E-state index in [9.17, 15) is 4.79 Å². The zero-order valence-electron chi connectivity index (χ0n) is 14.4. The number of nitrogens with one attached hydrogen (secondary N) is 2. The van der Waals surface area contributed by atoms with Gasteiger partial charge in [0.25, 0.3) is 0 Å². The predicted molar refractivity (Wildman–Crippen MR) is 95.3 cm³/mol. The first-order valence-corrected chi connectivity index (χ1v) is 8.73. The van der Waals surface area contributed by atoms with Crippen LogP contribution in [-0.4, -0.2) is 35.1 Å². The molecule has 0 aliphatic heterocycles. The van der Waals surface area contributed by atoms with Crippen molar-refractivity contribution in [2.24, 2.45) is 5.73 Å². The Labute approximate surface area is 142 Å². The molecule has 2 aromatic rings. The minimum atomic E-state index is -0.363.